The highest BCUT2D eigenvalue weighted by molar-refractivity contribution is 7.99. The summed E-state index contributed by atoms with van der Waals surface area (Å²) in [5, 5.41) is 15.0. The number of fused-ring (bicyclic) bond motifs is 1. The van der Waals surface area contributed by atoms with Gasteiger partial charge in [-0.2, -0.15) is 10.3 Å². The molecule has 126 valence electrons. The SMILES string of the molecule is c1nc(N2CCC(NCCSc3cn[nH]n3)CC2)c2[nH]cnc2n1. The van der Waals surface area contributed by atoms with Crippen LogP contribution in [0.2, 0.25) is 0 Å². The summed E-state index contributed by atoms with van der Waals surface area (Å²) in [5.41, 5.74) is 1.65. The zero-order valence-electron chi connectivity index (χ0n) is 13.1. The fourth-order valence-corrected chi connectivity index (χ4v) is 3.63. The Balaban J connectivity index is 1.25. The van der Waals surface area contributed by atoms with Gasteiger partial charge in [0, 0.05) is 31.4 Å². The maximum atomic E-state index is 4.44. The van der Waals surface area contributed by atoms with Crippen molar-refractivity contribution >= 4 is 28.7 Å². The highest BCUT2D eigenvalue weighted by Gasteiger charge is 2.21. The number of piperidine rings is 1. The first kappa shape index (κ1) is 15.3. The van der Waals surface area contributed by atoms with Crippen LogP contribution in [-0.4, -0.2) is 66.8 Å². The number of imidazole rings is 1. The van der Waals surface area contributed by atoms with Crippen LogP contribution in [0.3, 0.4) is 0 Å². The van der Waals surface area contributed by atoms with Crippen molar-refractivity contribution in [2.24, 2.45) is 0 Å². The molecule has 0 atom stereocenters. The summed E-state index contributed by atoms with van der Waals surface area (Å²) in [4.78, 5) is 18.3. The molecule has 0 radical (unpaired) electrons. The molecule has 0 spiro atoms. The summed E-state index contributed by atoms with van der Waals surface area (Å²) in [6.07, 6.45) is 7.22. The van der Waals surface area contributed by atoms with Gasteiger partial charge < -0.3 is 15.2 Å². The number of hydrogen-bond donors (Lipinski definition) is 3. The Bertz CT molecular complexity index is 764. The normalized spacial score (nSPS) is 16.1. The van der Waals surface area contributed by atoms with Crippen molar-refractivity contribution < 1.29 is 0 Å². The van der Waals surface area contributed by atoms with E-state index in [-0.39, 0.29) is 0 Å². The van der Waals surface area contributed by atoms with Crippen molar-refractivity contribution in [3.63, 3.8) is 0 Å². The van der Waals surface area contributed by atoms with Crippen LogP contribution in [0.25, 0.3) is 11.2 Å². The van der Waals surface area contributed by atoms with Crippen molar-refractivity contribution in [3.8, 4) is 0 Å². The summed E-state index contributed by atoms with van der Waals surface area (Å²) in [6, 6.07) is 0.554. The fourth-order valence-electron chi connectivity index (χ4n) is 2.97. The first-order chi connectivity index (χ1) is 11.9. The molecule has 4 heterocycles. The minimum Gasteiger partial charge on any atom is -0.355 e. The van der Waals surface area contributed by atoms with Gasteiger partial charge in [-0.1, -0.05) is 0 Å². The zero-order valence-corrected chi connectivity index (χ0v) is 14.0. The minimum absolute atomic E-state index is 0.554. The largest absolute Gasteiger partial charge is 0.355 e. The van der Waals surface area contributed by atoms with Gasteiger partial charge in [-0.05, 0) is 12.8 Å². The molecule has 1 saturated heterocycles. The standard InChI is InChI=1S/C14H19N9S/c1-4-23(14-12-13(17-8-16-12)18-9-19-14)5-2-10(1)15-3-6-24-11-7-20-22-21-11/h7-10,15H,1-6H2,(H,20,21,22)(H,16,17,18,19). The summed E-state index contributed by atoms with van der Waals surface area (Å²) in [5.74, 6) is 1.95. The molecule has 9 nitrogen and oxygen atoms in total. The number of aromatic nitrogens is 7. The number of rotatable bonds is 6. The number of thioether (sulfide) groups is 1. The molecule has 0 bridgehead atoms. The number of nitrogens with one attached hydrogen (secondary N) is 3. The molecule has 0 saturated carbocycles. The molecular formula is C14H19N9S. The summed E-state index contributed by atoms with van der Waals surface area (Å²) in [6.45, 7) is 2.94. The van der Waals surface area contributed by atoms with E-state index in [9.17, 15) is 0 Å². The minimum atomic E-state index is 0.554. The molecule has 0 aromatic carbocycles. The second-order valence-electron chi connectivity index (χ2n) is 5.67. The van der Waals surface area contributed by atoms with Crippen LogP contribution in [0.15, 0.2) is 23.9 Å². The van der Waals surface area contributed by atoms with Crippen LogP contribution in [0.5, 0.6) is 0 Å². The smallest absolute Gasteiger partial charge is 0.182 e. The van der Waals surface area contributed by atoms with Crippen LogP contribution in [0.4, 0.5) is 5.82 Å². The number of hydrogen-bond acceptors (Lipinski definition) is 8. The van der Waals surface area contributed by atoms with Gasteiger partial charge in [-0.3, -0.25) is 0 Å². The summed E-state index contributed by atoms with van der Waals surface area (Å²) < 4.78 is 0. The molecule has 3 aromatic heterocycles. The van der Waals surface area contributed by atoms with E-state index >= 15 is 0 Å². The van der Waals surface area contributed by atoms with Crippen molar-refractivity contribution in [3.05, 3.63) is 18.9 Å². The van der Waals surface area contributed by atoms with E-state index in [4.69, 9.17) is 0 Å². The average Bonchev–Trinajstić information content (AvgIpc) is 3.30. The molecule has 0 amide bonds. The molecule has 1 fully saturated rings. The lowest BCUT2D eigenvalue weighted by molar-refractivity contribution is 0.424. The fraction of sp³-hybridized carbons (Fsp3) is 0.500. The summed E-state index contributed by atoms with van der Waals surface area (Å²) >= 11 is 1.71. The van der Waals surface area contributed by atoms with Gasteiger partial charge >= 0.3 is 0 Å². The lowest BCUT2D eigenvalue weighted by atomic mass is 10.1. The van der Waals surface area contributed by atoms with Gasteiger partial charge in [0.15, 0.2) is 11.5 Å². The highest BCUT2D eigenvalue weighted by atomic mass is 32.2. The summed E-state index contributed by atoms with van der Waals surface area (Å²) in [7, 11) is 0. The van der Waals surface area contributed by atoms with E-state index in [1.54, 1.807) is 30.6 Å². The Morgan fingerprint density at radius 1 is 1.25 bits per heavy atom. The van der Waals surface area contributed by atoms with E-state index < -0.39 is 0 Å². The number of nitrogens with zero attached hydrogens (tertiary/aromatic N) is 6. The van der Waals surface area contributed by atoms with Gasteiger partial charge in [0.05, 0.1) is 12.5 Å². The van der Waals surface area contributed by atoms with Crippen molar-refractivity contribution in [2.45, 2.75) is 23.9 Å². The van der Waals surface area contributed by atoms with Crippen molar-refractivity contribution in [2.75, 3.05) is 30.3 Å². The van der Waals surface area contributed by atoms with Gasteiger partial charge in [0.1, 0.15) is 16.9 Å². The third-order valence-electron chi connectivity index (χ3n) is 4.18. The van der Waals surface area contributed by atoms with E-state index in [0.717, 1.165) is 60.2 Å². The molecule has 3 aromatic rings. The van der Waals surface area contributed by atoms with E-state index in [2.05, 4.69) is 45.6 Å². The number of H-pyrrole nitrogens is 2. The van der Waals surface area contributed by atoms with Crippen LogP contribution in [0.1, 0.15) is 12.8 Å². The second kappa shape index (κ2) is 7.14. The van der Waals surface area contributed by atoms with Gasteiger partial charge in [0.25, 0.3) is 0 Å². The van der Waals surface area contributed by atoms with Crippen LogP contribution in [-0.2, 0) is 0 Å². The second-order valence-corrected chi connectivity index (χ2v) is 6.79. The first-order valence-corrected chi connectivity index (χ1v) is 8.99. The predicted molar refractivity (Wildman–Crippen MR) is 92.0 cm³/mol. The van der Waals surface area contributed by atoms with E-state index in [1.807, 2.05) is 0 Å². The van der Waals surface area contributed by atoms with Crippen molar-refractivity contribution in [1.82, 2.24) is 40.7 Å². The molecular weight excluding hydrogens is 326 g/mol. The first-order valence-electron chi connectivity index (χ1n) is 8.01. The Morgan fingerprint density at radius 3 is 3.00 bits per heavy atom. The Morgan fingerprint density at radius 2 is 2.17 bits per heavy atom. The molecule has 1 aliphatic heterocycles. The molecule has 10 heteroatoms. The topological polar surface area (TPSA) is 111 Å². The van der Waals surface area contributed by atoms with Gasteiger partial charge in [0.2, 0.25) is 0 Å². The molecule has 24 heavy (non-hydrogen) atoms. The maximum absolute atomic E-state index is 4.44. The predicted octanol–water partition coefficient (Wildman–Crippen LogP) is 0.822. The Kier molecular flexibility index (Phi) is 4.56. The quantitative estimate of drug-likeness (QED) is 0.445. The van der Waals surface area contributed by atoms with Crippen LogP contribution < -0.4 is 10.2 Å². The molecule has 4 rings (SSSR count). The Hall–Kier alpha value is -2.20. The lowest BCUT2D eigenvalue weighted by Crippen LogP contribution is -2.43. The maximum Gasteiger partial charge on any atom is 0.182 e. The lowest BCUT2D eigenvalue weighted by Gasteiger charge is -2.33. The third-order valence-corrected chi connectivity index (χ3v) is 5.08. The molecule has 0 unspecified atom stereocenters. The highest BCUT2D eigenvalue weighted by Crippen LogP contribution is 2.23. The number of anilines is 1. The molecule has 1 aliphatic rings. The third kappa shape index (κ3) is 3.34. The van der Waals surface area contributed by atoms with Gasteiger partial charge in [-0.25, -0.2) is 15.0 Å². The van der Waals surface area contributed by atoms with E-state index in [0.29, 0.717) is 6.04 Å². The number of aromatic amines is 2. The molecule has 0 aliphatic carbocycles. The van der Waals surface area contributed by atoms with Gasteiger partial charge in [-0.15, -0.1) is 16.9 Å². The van der Waals surface area contributed by atoms with Crippen molar-refractivity contribution in [1.29, 1.82) is 0 Å². The average molecular weight is 345 g/mol. The van der Waals surface area contributed by atoms with Crippen LogP contribution in [0, 0.1) is 0 Å². The molecule has 3 N–H and O–H groups in total. The monoisotopic (exact) mass is 345 g/mol. The Labute approximate surface area is 143 Å². The van der Waals surface area contributed by atoms with E-state index in [1.165, 1.54) is 0 Å². The van der Waals surface area contributed by atoms with Crippen LogP contribution >= 0.6 is 11.8 Å². The zero-order chi connectivity index (χ0) is 16.2.